The molecule has 3 nitrogen and oxygen atoms in total. The highest BCUT2D eigenvalue weighted by atomic mass is 17.2. The first-order valence-corrected chi connectivity index (χ1v) is 4.95. The van der Waals surface area contributed by atoms with E-state index in [4.69, 9.17) is 4.89 Å². The van der Waals surface area contributed by atoms with E-state index in [2.05, 4.69) is 4.89 Å². The SMILES string of the molecule is Cc1ccc(C(=O)OOC(C)C)cc1C. The minimum Gasteiger partial charge on any atom is -0.293 e. The maximum absolute atomic E-state index is 11.5. The van der Waals surface area contributed by atoms with Crippen LogP contribution < -0.4 is 0 Å². The third-order valence-electron chi connectivity index (χ3n) is 2.06. The summed E-state index contributed by atoms with van der Waals surface area (Å²) in [7, 11) is 0. The minimum atomic E-state index is -0.452. The molecular weight excluding hydrogens is 192 g/mol. The van der Waals surface area contributed by atoms with Crippen LogP contribution in [-0.2, 0) is 9.78 Å². The zero-order valence-corrected chi connectivity index (χ0v) is 9.53. The lowest BCUT2D eigenvalue weighted by molar-refractivity contribution is -0.265. The molecule has 0 aliphatic rings. The van der Waals surface area contributed by atoms with Gasteiger partial charge in [-0.25, -0.2) is 4.79 Å². The summed E-state index contributed by atoms with van der Waals surface area (Å²) in [6.07, 6.45) is -0.125. The van der Waals surface area contributed by atoms with Crippen molar-refractivity contribution < 1.29 is 14.6 Å². The molecule has 0 aliphatic carbocycles. The van der Waals surface area contributed by atoms with Gasteiger partial charge in [0.15, 0.2) is 0 Å². The predicted octanol–water partition coefficient (Wildman–Crippen LogP) is 2.80. The highest BCUT2D eigenvalue weighted by Crippen LogP contribution is 2.11. The molecule has 0 aromatic heterocycles. The molecule has 0 fully saturated rings. The molecule has 1 rings (SSSR count). The summed E-state index contributed by atoms with van der Waals surface area (Å²) in [5, 5.41) is 0. The van der Waals surface area contributed by atoms with Crippen molar-refractivity contribution in [2.75, 3.05) is 0 Å². The monoisotopic (exact) mass is 208 g/mol. The Labute approximate surface area is 89.9 Å². The van der Waals surface area contributed by atoms with Crippen molar-refractivity contribution in [2.24, 2.45) is 0 Å². The van der Waals surface area contributed by atoms with E-state index in [9.17, 15) is 4.79 Å². The summed E-state index contributed by atoms with van der Waals surface area (Å²) in [6, 6.07) is 5.41. The number of hydrogen-bond donors (Lipinski definition) is 0. The molecule has 0 N–H and O–H groups in total. The van der Waals surface area contributed by atoms with Crippen LogP contribution in [0.25, 0.3) is 0 Å². The fourth-order valence-corrected chi connectivity index (χ4v) is 1.06. The highest BCUT2D eigenvalue weighted by Gasteiger charge is 2.09. The lowest BCUT2D eigenvalue weighted by Gasteiger charge is -2.07. The van der Waals surface area contributed by atoms with Gasteiger partial charge < -0.3 is 0 Å². The number of carbonyl (C=O) groups is 1. The second-order valence-corrected chi connectivity index (χ2v) is 3.81. The van der Waals surface area contributed by atoms with E-state index in [1.165, 1.54) is 0 Å². The van der Waals surface area contributed by atoms with E-state index in [1.54, 1.807) is 26.0 Å². The summed E-state index contributed by atoms with van der Waals surface area (Å²) in [4.78, 5) is 20.9. The maximum Gasteiger partial charge on any atom is 0.373 e. The van der Waals surface area contributed by atoms with Gasteiger partial charge in [0.25, 0.3) is 0 Å². The molecule has 0 bridgehead atoms. The van der Waals surface area contributed by atoms with Crippen LogP contribution in [0.15, 0.2) is 18.2 Å². The molecule has 3 heteroatoms. The Morgan fingerprint density at radius 1 is 1.20 bits per heavy atom. The Bertz CT molecular complexity index is 356. The predicted molar refractivity (Wildman–Crippen MR) is 57.6 cm³/mol. The van der Waals surface area contributed by atoms with Crippen molar-refractivity contribution in [1.29, 1.82) is 0 Å². The van der Waals surface area contributed by atoms with E-state index in [1.807, 2.05) is 19.9 Å². The average molecular weight is 208 g/mol. The van der Waals surface area contributed by atoms with Gasteiger partial charge in [0.2, 0.25) is 0 Å². The molecule has 0 aliphatic heterocycles. The Hall–Kier alpha value is -1.35. The molecule has 0 amide bonds. The molecule has 1 aromatic rings. The van der Waals surface area contributed by atoms with Crippen molar-refractivity contribution in [3.8, 4) is 0 Å². The number of hydrogen-bond acceptors (Lipinski definition) is 3. The van der Waals surface area contributed by atoms with Crippen LogP contribution in [-0.4, -0.2) is 12.1 Å². The topological polar surface area (TPSA) is 35.5 Å². The molecule has 0 unspecified atom stereocenters. The van der Waals surface area contributed by atoms with Crippen LogP contribution in [0.3, 0.4) is 0 Å². The quantitative estimate of drug-likeness (QED) is 0.566. The summed E-state index contributed by atoms with van der Waals surface area (Å²) in [5.41, 5.74) is 2.73. The van der Waals surface area contributed by atoms with Crippen molar-refractivity contribution in [1.82, 2.24) is 0 Å². The molecule has 0 spiro atoms. The van der Waals surface area contributed by atoms with E-state index in [0.717, 1.165) is 11.1 Å². The Morgan fingerprint density at radius 3 is 2.40 bits per heavy atom. The first-order chi connectivity index (χ1) is 7.00. The standard InChI is InChI=1S/C12H16O3/c1-8(2)14-15-12(13)11-6-5-9(3)10(4)7-11/h5-8H,1-4H3. The maximum atomic E-state index is 11.5. The first-order valence-electron chi connectivity index (χ1n) is 4.95. The molecule has 1 aromatic carbocycles. The van der Waals surface area contributed by atoms with E-state index >= 15 is 0 Å². The van der Waals surface area contributed by atoms with E-state index < -0.39 is 5.97 Å². The van der Waals surface area contributed by atoms with Gasteiger partial charge in [0.1, 0.15) is 0 Å². The Kier molecular flexibility index (Phi) is 3.86. The summed E-state index contributed by atoms with van der Waals surface area (Å²) in [6.45, 7) is 7.55. The normalized spacial score (nSPS) is 10.5. The van der Waals surface area contributed by atoms with Gasteiger partial charge in [-0.05, 0) is 51.0 Å². The van der Waals surface area contributed by atoms with Crippen molar-refractivity contribution >= 4 is 5.97 Å². The van der Waals surface area contributed by atoms with E-state index in [-0.39, 0.29) is 6.10 Å². The average Bonchev–Trinajstić information content (AvgIpc) is 2.18. The highest BCUT2D eigenvalue weighted by molar-refractivity contribution is 5.89. The Balaban J connectivity index is 2.70. The van der Waals surface area contributed by atoms with Crippen LogP contribution in [0.5, 0.6) is 0 Å². The molecule has 15 heavy (non-hydrogen) atoms. The smallest absolute Gasteiger partial charge is 0.293 e. The third kappa shape index (κ3) is 3.36. The van der Waals surface area contributed by atoms with Gasteiger partial charge in [0, 0.05) is 0 Å². The van der Waals surface area contributed by atoms with Crippen LogP contribution in [0, 0.1) is 13.8 Å². The number of carbonyl (C=O) groups excluding carboxylic acids is 1. The van der Waals surface area contributed by atoms with Gasteiger partial charge in [-0.2, -0.15) is 4.89 Å². The lowest BCUT2D eigenvalue weighted by Crippen LogP contribution is -2.10. The van der Waals surface area contributed by atoms with Gasteiger partial charge in [0.05, 0.1) is 11.7 Å². The number of rotatable bonds is 3. The van der Waals surface area contributed by atoms with Crippen LogP contribution >= 0.6 is 0 Å². The zero-order chi connectivity index (χ0) is 11.4. The zero-order valence-electron chi connectivity index (χ0n) is 9.53. The second-order valence-electron chi connectivity index (χ2n) is 3.81. The minimum absolute atomic E-state index is 0.125. The molecule has 0 radical (unpaired) electrons. The van der Waals surface area contributed by atoms with Gasteiger partial charge >= 0.3 is 5.97 Å². The largest absolute Gasteiger partial charge is 0.373 e. The fraction of sp³-hybridized carbons (Fsp3) is 0.417. The summed E-state index contributed by atoms with van der Waals surface area (Å²) >= 11 is 0. The molecule has 0 saturated heterocycles. The molecule has 0 atom stereocenters. The fourth-order valence-electron chi connectivity index (χ4n) is 1.06. The second kappa shape index (κ2) is 4.94. The lowest BCUT2D eigenvalue weighted by atomic mass is 10.1. The van der Waals surface area contributed by atoms with Crippen molar-refractivity contribution in [2.45, 2.75) is 33.8 Å². The van der Waals surface area contributed by atoms with Crippen LogP contribution in [0.1, 0.15) is 35.3 Å². The van der Waals surface area contributed by atoms with Gasteiger partial charge in [-0.15, -0.1) is 0 Å². The molecule has 0 saturated carbocycles. The molecule has 82 valence electrons. The van der Waals surface area contributed by atoms with Gasteiger partial charge in [-0.1, -0.05) is 6.07 Å². The first kappa shape index (κ1) is 11.7. The van der Waals surface area contributed by atoms with Crippen molar-refractivity contribution in [3.63, 3.8) is 0 Å². The molecular formula is C12H16O3. The number of aryl methyl sites for hydroxylation is 2. The van der Waals surface area contributed by atoms with Crippen molar-refractivity contribution in [3.05, 3.63) is 34.9 Å². The third-order valence-corrected chi connectivity index (χ3v) is 2.06. The Morgan fingerprint density at radius 2 is 1.87 bits per heavy atom. The van der Waals surface area contributed by atoms with Crippen LogP contribution in [0.4, 0.5) is 0 Å². The van der Waals surface area contributed by atoms with Gasteiger partial charge in [-0.3, -0.25) is 4.89 Å². The summed E-state index contributed by atoms with van der Waals surface area (Å²) < 4.78 is 0. The van der Waals surface area contributed by atoms with Crippen LogP contribution in [0.2, 0.25) is 0 Å². The molecule has 0 heterocycles. The summed E-state index contributed by atoms with van der Waals surface area (Å²) in [5.74, 6) is -0.452. The van der Waals surface area contributed by atoms with E-state index in [0.29, 0.717) is 5.56 Å². The number of benzene rings is 1.